The fourth-order valence-corrected chi connectivity index (χ4v) is 2.73. The molecule has 0 aromatic heterocycles. The van der Waals surface area contributed by atoms with E-state index in [0.29, 0.717) is 5.75 Å². The van der Waals surface area contributed by atoms with E-state index in [9.17, 15) is 5.11 Å². The molecule has 1 aliphatic rings. The Bertz CT molecular complexity index is 348. The van der Waals surface area contributed by atoms with Gasteiger partial charge in [-0.25, -0.2) is 0 Å². The molecule has 2 rings (SSSR count). The second-order valence-electron chi connectivity index (χ2n) is 4.55. The van der Waals surface area contributed by atoms with E-state index < -0.39 is 0 Å². The smallest absolute Gasteiger partial charge is 0.120 e. The van der Waals surface area contributed by atoms with Gasteiger partial charge in [0, 0.05) is 16.6 Å². The number of phenols is 1. The Morgan fingerprint density at radius 3 is 2.81 bits per heavy atom. The topological polar surface area (TPSA) is 32.3 Å². The molecule has 88 valence electrons. The second kappa shape index (κ2) is 5.69. The van der Waals surface area contributed by atoms with E-state index in [1.807, 2.05) is 12.1 Å². The number of hydrogen-bond donors (Lipinski definition) is 2. The van der Waals surface area contributed by atoms with Gasteiger partial charge in [-0.05, 0) is 43.5 Å². The van der Waals surface area contributed by atoms with Crippen LogP contribution in [-0.2, 0) is 6.54 Å². The van der Waals surface area contributed by atoms with E-state index >= 15 is 0 Å². The zero-order valence-corrected chi connectivity index (χ0v) is 11.0. The predicted molar refractivity (Wildman–Crippen MR) is 69.5 cm³/mol. The van der Waals surface area contributed by atoms with Crippen molar-refractivity contribution in [3.05, 3.63) is 28.2 Å². The Balaban J connectivity index is 1.82. The lowest BCUT2D eigenvalue weighted by Gasteiger charge is -2.11. The van der Waals surface area contributed by atoms with Crippen LogP contribution >= 0.6 is 15.9 Å². The van der Waals surface area contributed by atoms with Crippen molar-refractivity contribution in [2.45, 2.75) is 32.2 Å². The molecule has 3 heteroatoms. The Morgan fingerprint density at radius 1 is 1.31 bits per heavy atom. The van der Waals surface area contributed by atoms with Gasteiger partial charge in [-0.15, -0.1) is 0 Å². The molecule has 1 saturated carbocycles. The standard InChI is InChI=1S/C13H18BrNO/c14-12-5-6-13(16)11(7-12)9-15-8-10-3-1-2-4-10/h5-7,10,15-16H,1-4,8-9H2. The summed E-state index contributed by atoms with van der Waals surface area (Å²) >= 11 is 3.42. The first-order valence-corrected chi connectivity index (χ1v) is 6.73. The van der Waals surface area contributed by atoms with Crippen molar-refractivity contribution in [2.75, 3.05) is 6.54 Å². The summed E-state index contributed by atoms with van der Waals surface area (Å²) in [6.07, 6.45) is 5.48. The molecule has 1 fully saturated rings. The van der Waals surface area contributed by atoms with Gasteiger partial charge in [0.25, 0.3) is 0 Å². The molecule has 0 heterocycles. The van der Waals surface area contributed by atoms with Gasteiger partial charge in [-0.2, -0.15) is 0 Å². The largest absolute Gasteiger partial charge is 0.508 e. The lowest BCUT2D eigenvalue weighted by Crippen LogP contribution is -2.20. The summed E-state index contributed by atoms with van der Waals surface area (Å²) in [5.74, 6) is 1.22. The quantitative estimate of drug-likeness (QED) is 0.887. The van der Waals surface area contributed by atoms with Crippen molar-refractivity contribution < 1.29 is 5.11 Å². The average Bonchev–Trinajstić information content (AvgIpc) is 2.76. The van der Waals surface area contributed by atoms with Crippen molar-refractivity contribution in [1.29, 1.82) is 0 Å². The van der Waals surface area contributed by atoms with Gasteiger partial charge in [-0.1, -0.05) is 28.8 Å². The molecule has 0 amide bonds. The number of benzene rings is 1. The Morgan fingerprint density at radius 2 is 2.06 bits per heavy atom. The summed E-state index contributed by atoms with van der Waals surface area (Å²) in [6.45, 7) is 1.83. The summed E-state index contributed by atoms with van der Waals surface area (Å²) in [5.41, 5.74) is 0.965. The van der Waals surface area contributed by atoms with Gasteiger partial charge in [0.05, 0.1) is 0 Å². The maximum Gasteiger partial charge on any atom is 0.120 e. The van der Waals surface area contributed by atoms with Crippen LogP contribution in [0.2, 0.25) is 0 Å². The van der Waals surface area contributed by atoms with E-state index in [1.165, 1.54) is 25.7 Å². The number of aromatic hydroxyl groups is 1. The zero-order chi connectivity index (χ0) is 11.4. The van der Waals surface area contributed by atoms with Crippen LogP contribution in [-0.4, -0.2) is 11.7 Å². The number of rotatable bonds is 4. The van der Waals surface area contributed by atoms with Crippen LogP contribution in [0.25, 0.3) is 0 Å². The third kappa shape index (κ3) is 3.22. The first-order chi connectivity index (χ1) is 7.75. The van der Waals surface area contributed by atoms with Crippen molar-refractivity contribution in [3.63, 3.8) is 0 Å². The van der Waals surface area contributed by atoms with Crippen LogP contribution in [0.4, 0.5) is 0 Å². The van der Waals surface area contributed by atoms with Gasteiger partial charge in [0.15, 0.2) is 0 Å². The maximum absolute atomic E-state index is 9.67. The van der Waals surface area contributed by atoms with E-state index in [1.54, 1.807) is 6.07 Å². The Labute approximate surface area is 105 Å². The summed E-state index contributed by atoms with van der Waals surface area (Å²) < 4.78 is 1.02. The number of halogens is 1. The summed E-state index contributed by atoms with van der Waals surface area (Å²) in [4.78, 5) is 0. The maximum atomic E-state index is 9.67. The molecule has 2 nitrogen and oxygen atoms in total. The molecule has 0 unspecified atom stereocenters. The molecule has 0 spiro atoms. The molecule has 0 atom stereocenters. The van der Waals surface area contributed by atoms with Gasteiger partial charge < -0.3 is 10.4 Å². The van der Waals surface area contributed by atoms with Crippen molar-refractivity contribution in [1.82, 2.24) is 5.32 Å². The molecule has 1 aromatic rings. The van der Waals surface area contributed by atoms with Crippen LogP contribution in [0.15, 0.2) is 22.7 Å². The Hall–Kier alpha value is -0.540. The minimum atomic E-state index is 0.377. The zero-order valence-electron chi connectivity index (χ0n) is 9.38. The summed E-state index contributed by atoms with van der Waals surface area (Å²) in [6, 6.07) is 5.56. The molecule has 0 saturated heterocycles. The van der Waals surface area contributed by atoms with Gasteiger partial charge >= 0.3 is 0 Å². The van der Waals surface area contributed by atoms with Crippen LogP contribution in [0.1, 0.15) is 31.2 Å². The molecule has 0 bridgehead atoms. The van der Waals surface area contributed by atoms with Crippen LogP contribution in [0.5, 0.6) is 5.75 Å². The highest BCUT2D eigenvalue weighted by Gasteiger charge is 2.14. The molecular weight excluding hydrogens is 266 g/mol. The predicted octanol–water partition coefficient (Wildman–Crippen LogP) is 3.43. The minimum Gasteiger partial charge on any atom is -0.508 e. The fourth-order valence-electron chi connectivity index (χ4n) is 2.32. The van der Waals surface area contributed by atoms with Gasteiger partial charge in [-0.3, -0.25) is 0 Å². The lowest BCUT2D eigenvalue weighted by atomic mass is 10.1. The van der Waals surface area contributed by atoms with Crippen molar-refractivity contribution in [2.24, 2.45) is 5.92 Å². The first-order valence-electron chi connectivity index (χ1n) is 5.94. The fraction of sp³-hybridized carbons (Fsp3) is 0.538. The normalized spacial score (nSPS) is 16.8. The highest BCUT2D eigenvalue weighted by atomic mass is 79.9. The van der Waals surface area contributed by atoms with Crippen LogP contribution < -0.4 is 5.32 Å². The summed E-state index contributed by atoms with van der Waals surface area (Å²) in [7, 11) is 0. The number of phenolic OH excluding ortho intramolecular Hbond substituents is 1. The van der Waals surface area contributed by atoms with E-state index in [2.05, 4.69) is 21.2 Å². The average molecular weight is 284 g/mol. The van der Waals surface area contributed by atoms with Crippen LogP contribution in [0, 0.1) is 5.92 Å². The number of hydrogen-bond acceptors (Lipinski definition) is 2. The molecule has 16 heavy (non-hydrogen) atoms. The lowest BCUT2D eigenvalue weighted by molar-refractivity contribution is 0.454. The highest BCUT2D eigenvalue weighted by Crippen LogP contribution is 2.25. The van der Waals surface area contributed by atoms with Gasteiger partial charge in [0.2, 0.25) is 0 Å². The third-order valence-electron chi connectivity index (χ3n) is 3.26. The van der Waals surface area contributed by atoms with E-state index in [-0.39, 0.29) is 0 Å². The summed E-state index contributed by atoms with van der Waals surface area (Å²) in [5, 5.41) is 13.1. The Kier molecular flexibility index (Phi) is 4.24. The highest BCUT2D eigenvalue weighted by molar-refractivity contribution is 9.10. The van der Waals surface area contributed by atoms with E-state index in [0.717, 1.165) is 29.0 Å². The molecule has 1 aromatic carbocycles. The molecule has 0 aliphatic heterocycles. The molecular formula is C13H18BrNO. The van der Waals surface area contributed by atoms with Gasteiger partial charge in [0.1, 0.15) is 5.75 Å². The minimum absolute atomic E-state index is 0.377. The molecule has 1 aliphatic carbocycles. The third-order valence-corrected chi connectivity index (χ3v) is 3.76. The van der Waals surface area contributed by atoms with Crippen LogP contribution in [0.3, 0.4) is 0 Å². The molecule has 0 radical (unpaired) electrons. The van der Waals surface area contributed by atoms with Crippen molar-refractivity contribution in [3.8, 4) is 5.75 Å². The SMILES string of the molecule is Oc1ccc(Br)cc1CNCC1CCCC1. The van der Waals surface area contributed by atoms with E-state index in [4.69, 9.17) is 0 Å². The first kappa shape index (κ1) is 11.9. The second-order valence-corrected chi connectivity index (χ2v) is 5.47. The molecule has 2 N–H and O–H groups in total. The number of nitrogens with one attached hydrogen (secondary N) is 1. The monoisotopic (exact) mass is 283 g/mol. The van der Waals surface area contributed by atoms with Crippen molar-refractivity contribution >= 4 is 15.9 Å².